The molecule has 3 heteroatoms. The zero-order valence-electron chi connectivity index (χ0n) is 17.3. The largest absolute Gasteiger partial charge is 3.00 e. The summed E-state index contributed by atoms with van der Waals surface area (Å²) in [5, 5.41) is 0. The van der Waals surface area contributed by atoms with Crippen LogP contribution in [-0.2, 0) is 32.6 Å². The molecule has 0 aromatic heterocycles. The summed E-state index contributed by atoms with van der Waals surface area (Å²) in [5.74, 6) is 13.2. The van der Waals surface area contributed by atoms with Crippen LogP contribution in [0.25, 0.3) is 11.1 Å². The summed E-state index contributed by atoms with van der Waals surface area (Å²) >= 11 is 0. The molecule has 2 aromatic carbocycles. The smallest absolute Gasteiger partial charge is 1.00 e. The van der Waals surface area contributed by atoms with Gasteiger partial charge in [0.15, 0.2) is 0 Å². The van der Waals surface area contributed by atoms with E-state index in [9.17, 15) is 0 Å². The average Bonchev–Trinajstić information content (AvgIpc) is 2.86. The van der Waals surface area contributed by atoms with Crippen LogP contribution in [0.5, 0.6) is 0 Å². The Kier molecular flexibility index (Phi) is 9.82. The summed E-state index contributed by atoms with van der Waals surface area (Å²) in [6.45, 7) is 12.8. The molecule has 0 aliphatic heterocycles. The SMILES string of the molecule is CC(C)(C)C#Cc1[c-]c2c(cc1)-c1ccc(C#CC(C)(C)C)cc1C2.[Cl-].[Cl-].[Zr+3]. The molecule has 0 fully saturated rings. The van der Waals surface area contributed by atoms with Crippen LogP contribution in [0.2, 0.25) is 0 Å². The van der Waals surface area contributed by atoms with E-state index in [1.54, 1.807) is 0 Å². The normalized spacial score (nSPS) is 11.1. The summed E-state index contributed by atoms with van der Waals surface area (Å²) in [4.78, 5) is 0. The summed E-state index contributed by atoms with van der Waals surface area (Å²) in [6, 6.07) is 14.3. The third kappa shape index (κ3) is 7.12. The molecule has 0 bridgehead atoms. The predicted octanol–water partition coefficient (Wildman–Crippen LogP) is -0.141. The molecule has 1 aliphatic rings. The molecule has 3 rings (SSSR count). The van der Waals surface area contributed by atoms with Crippen LogP contribution >= 0.6 is 0 Å². The molecule has 0 atom stereocenters. The van der Waals surface area contributed by atoms with Crippen molar-refractivity contribution in [1.82, 2.24) is 0 Å². The van der Waals surface area contributed by atoms with Crippen LogP contribution < -0.4 is 24.8 Å². The van der Waals surface area contributed by atoms with Crippen molar-refractivity contribution < 1.29 is 51.0 Å². The molecule has 143 valence electrons. The van der Waals surface area contributed by atoms with Gasteiger partial charge in [0.05, 0.1) is 0 Å². The first kappa shape index (κ1) is 27.0. The summed E-state index contributed by atoms with van der Waals surface area (Å²) in [6.07, 6.45) is 0.917. The van der Waals surface area contributed by atoms with E-state index < -0.39 is 0 Å². The molecule has 0 spiro atoms. The summed E-state index contributed by atoms with van der Waals surface area (Å²) in [7, 11) is 0. The van der Waals surface area contributed by atoms with Crippen molar-refractivity contribution in [2.24, 2.45) is 10.8 Å². The van der Waals surface area contributed by atoms with Crippen LogP contribution in [-0.4, -0.2) is 0 Å². The van der Waals surface area contributed by atoms with Gasteiger partial charge < -0.3 is 24.8 Å². The molecule has 0 heterocycles. The second kappa shape index (κ2) is 10.2. The van der Waals surface area contributed by atoms with E-state index in [4.69, 9.17) is 0 Å². The molecule has 0 saturated carbocycles. The fourth-order valence-corrected chi connectivity index (χ4v) is 2.79. The molecular formula is C25H25Cl2Zr. The maximum absolute atomic E-state index is 3.51. The van der Waals surface area contributed by atoms with Gasteiger partial charge in [-0.25, -0.2) is 0 Å². The molecule has 0 unspecified atom stereocenters. The third-order valence-corrected chi connectivity index (χ3v) is 3.94. The maximum Gasteiger partial charge on any atom is 3.00 e. The van der Waals surface area contributed by atoms with Crippen molar-refractivity contribution in [2.45, 2.75) is 48.0 Å². The summed E-state index contributed by atoms with van der Waals surface area (Å²) in [5.41, 5.74) is 7.29. The van der Waals surface area contributed by atoms with Gasteiger partial charge in [0.2, 0.25) is 0 Å². The first-order valence-electron chi connectivity index (χ1n) is 8.86. The quantitative estimate of drug-likeness (QED) is 0.306. The number of hydrogen-bond donors (Lipinski definition) is 0. The van der Waals surface area contributed by atoms with Gasteiger partial charge in [-0.3, -0.25) is 0 Å². The van der Waals surface area contributed by atoms with E-state index >= 15 is 0 Å². The number of rotatable bonds is 0. The number of halogens is 2. The fourth-order valence-electron chi connectivity index (χ4n) is 2.79. The topological polar surface area (TPSA) is 0 Å². The number of benzene rings is 2. The van der Waals surface area contributed by atoms with Crippen molar-refractivity contribution in [1.29, 1.82) is 0 Å². The van der Waals surface area contributed by atoms with Crippen LogP contribution in [0.4, 0.5) is 0 Å². The maximum atomic E-state index is 3.51. The van der Waals surface area contributed by atoms with E-state index in [1.807, 2.05) is 0 Å². The zero-order valence-corrected chi connectivity index (χ0v) is 21.3. The van der Waals surface area contributed by atoms with Crippen molar-refractivity contribution in [2.75, 3.05) is 0 Å². The summed E-state index contributed by atoms with van der Waals surface area (Å²) < 4.78 is 0. The van der Waals surface area contributed by atoms with Gasteiger partial charge >= 0.3 is 26.2 Å². The van der Waals surface area contributed by atoms with Crippen LogP contribution in [0.1, 0.15) is 63.8 Å². The Balaban J connectivity index is 0.00000243. The van der Waals surface area contributed by atoms with Crippen molar-refractivity contribution >= 4 is 0 Å². The zero-order chi connectivity index (χ0) is 18.2. The van der Waals surface area contributed by atoms with Gasteiger partial charge in [-0.2, -0.15) is 11.8 Å². The van der Waals surface area contributed by atoms with Crippen LogP contribution in [0.15, 0.2) is 30.3 Å². The molecule has 1 aliphatic carbocycles. The third-order valence-electron chi connectivity index (χ3n) is 3.94. The predicted molar refractivity (Wildman–Crippen MR) is 106 cm³/mol. The van der Waals surface area contributed by atoms with E-state index in [-0.39, 0.29) is 61.8 Å². The van der Waals surface area contributed by atoms with Gasteiger partial charge in [-0.05, 0) is 65.7 Å². The molecule has 1 radical (unpaired) electrons. The van der Waals surface area contributed by atoms with Crippen molar-refractivity contribution in [3.63, 3.8) is 0 Å². The van der Waals surface area contributed by atoms with Gasteiger partial charge in [0, 0.05) is 16.4 Å². The fraction of sp³-hybridized carbons (Fsp3) is 0.360. The van der Waals surface area contributed by atoms with Crippen molar-refractivity contribution in [3.05, 3.63) is 58.7 Å². The van der Waals surface area contributed by atoms with Crippen LogP contribution in [0.3, 0.4) is 0 Å². The molecule has 2 aromatic rings. The van der Waals surface area contributed by atoms with Crippen molar-refractivity contribution in [3.8, 4) is 34.8 Å². The number of hydrogen-bond acceptors (Lipinski definition) is 0. The molecule has 0 nitrogen and oxygen atoms in total. The Hall–Kier alpha value is -0.977. The molecule has 28 heavy (non-hydrogen) atoms. The molecule has 0 saturated heterocycles. The van der Waals surface area contributed by atoms with E-state index in [2.05, 4.69) is 102 Å². The minimum Gasteiger partial charge on any atom is -1.00 e. The van der Waals surface area contributed by atoms with E-state index in [0.717, 1.165) is 17.5 Å². The monoisotopic (exact) mass is 485 g/mol. The Morgan fingerprint density at radius 3 is 1.96 bits per heavy atom. The van der Waals surface area contributed by atoms with Gasteiger partial charge in [0.25, 0.3) is 0 Å². The number of fused-ring (bicyclic) bond motifs is 3. The standard InChI is InChI=1S/C25H25.2ClH.Zr/c1-24(2,3)13-11-18-7-9-22-20(15-18)17-21-16-19(8-10-23(21)22)12-14-25(4,5)6;;;/h7-10,15H,17H2,1-6H3;2*1H;/q-1;;;+3/p-2. The minimum atomic E-state index is 0. The first-order valence-corrected chi connectivity index (χ1v) is 8.86. The Morgan fingerprint density at radius 1 is 0.786 bits per heavy atom. The Morgan fingerprint density at radius 2 is 1.36 bits per heavy atom. The van der Waals surface area contributed by atoms with Gasteiger partial charge in [-0.15, -0.1) is 29.3 Å². The second-order valence-corrected chi connectivity index (χ2v) is 8.81. The second-order valence-electron chi connectivity index (χ2n) is 8.81. The Bertz CT molecular complexity index is 873. The van der Waals surface area contributed by atoms with Gasteiger partial charge in [-0.1, -0.05) is 29.0 Å². The molecule has 0 N–H and O–H groups in total. The minimum absolute atomic E-state index is 0. The molecule has 0 amide bonds. The van der Waals surface area contributed by atoms with Gasteiger partial charge in [0.1, 0.15) is 0 Å². The van der Waals surface area contributed by atoms with Crippen LogP contribution in [0, 0.1) is 40.6 Å². The Labute approximate surface area is 202 Å². The van der Waals surface area contributed by atoms with E-state index in [0.29, 0.717) is 0 Å². The van der Waals surface area contributed by atoms with E-state index in [1.165, 1.54) is 22.3 Å². The average molecular weight is 488 g/mol. The molecular weight excluding hydrogens is 462 g/mol. The first-order chi connectivity index (χ1) is 11.6.